The first-order valence-corrected chi connectivity index (χ1v) is 13.1. The molecule has 0 aliphatic carbocycles. The number of anilines is 5. The van der Waals surface area contributed by atoms with Crippen molar-refractivity contribution in [2.45, 2.75) is 4.90 Å². The van der Waals surface area contributed by atoms with Crippen molar-refractivity contribution in [2.24, 2.45) is 10.2 Å². The first-order valence-electron chi connectivity index (χ1n) is 12.3. The van der Waals surface area contributed by atoms with E-state index in [1.807, 2.05) is 0 Å². The molecule has 0 aliphatic heterocycles. The van der Waals surface area contributed by atoms with Crippen LogP contribution in [0.3, 0.4) is 0 Å². The van der Waals surface area contributed by atoms with E-state index in [0.717, 1.165) is 0 Å². The van der Waals surface area contributed by atoms with Crippen molar-refractivity contribution in [1.29, 1.82) is 0 Å². The van der Waals surface area contributed by atoms with Crippen LogP contribution < -0.4 is 21.3 Å². The fourth-order valence-electron chi connectivity index (χ4n) is 3.70. The Hall–Kier alpha value is -4.65. The molecular formula is C25H27N9O7S. The molecule has 0 radical (unpaired) electrons. The number of hydrogen-bond acceptors (Lipinski definition) is 16. The molecule has 42 heavy (non-hydrogen) atoms. The molecule has 0 atom stereocenters. The Morgan fingerprint density at radius 3 is 2.19 bits per heavy atom. The molecule has 4 rings (SSSR count). The van der Waals surface area contributed by atoms with Crippen molar-refractivity contribution in [3.63, 3.8) is 0 Å². The summed E-state index contributed by atoms with van der Waals surface area (Å²) in [5, 5.41) is 61.2. The molecule has 0 fully saturated rings. The Morgan fingerprint density at radius 2 is 1.57 bits per heavy atom. The maximum atomic E-state index is 13.0. The van der Waals surface area contributed by atoms with Gasteiger partial charge < -0.3 is 36.6 Å². The molecule has 4 aromatic rings. The number of phenols is 1. The second-order valence-corrected chi connectivity index (χ2v) is 9.04. The van der Waals surface area contributed by atoms with Crippen molar-refractivity contribution in [1.82, 2.24) is 15.0 Å². The Kier molecular flexibility index (Phi) is 10.7. The van der Waals surface area contributed by atoms with Gasteiger partial charge in [-0.1, -0.05) is 5.04 Å². The van der Waals surface area contributed by atoms with E-state index in [4.69, 9.17) is 15.5 Å². The van der Waals surface area contributed by atoms with Crippen molar-refractivity contribution in [2.75, 3.05) is 54.6 Å². The molecule has 0 unspecified atom stereocenters. The minimum atomic E-state index is -0.376. The van der Waals surface area contributed by atoms with Crippen LogP contribution in [-0.4, -0.2) is 74.8 Å². The van der Waals surface area contributed by atoms with Gasteiger partial charge in [-0.15, -0.1) is 4.33 Å². The third-order valence-corrected chi connectivity index (χ3v) is 6.11. The second kappa shape index (κ2) is 14.8. The normalized spacial score (nSPS) is 11.1. The zero-order valence-electron chi connectivity index (χ0n) is 22.1. The summed E-state index contributed by atoms with van der Waals surface area (Å²) in [5.74, 6) is 0.132. The van der Waals surface area contributed by atoms with E-state index in [2.05, 4.69) is 55.8 Å². The van der Waals surface area contributed by atoms with E-state index in [9.17, 15) is 9.90 Å². The van der Waals surface area contributed by atoms with Gasteiger partial charge in [0.2, 0.25) is 17.8 Å². The topological polar surface area (TPSA) is 228 Å². The highest BCUT2D eigenvalue weighted by molar-refractivity contribution is 7.94. The molecule has 17 heteroatoms. The zero-order chi connectivity index (χ0) is 29.9. The number of amides is 1. The number of aliphatic hydroxyl groups is 2. The number of aromatic hydroxyl groups is 1. The van der Waals surface area contributed by atoms with Crippen LogP contribution in [0.25, 0.3) is 10.8 Å². The minimum absolute atomic E-state index is 0.110. The fraction of sp³-hybridized carbons (Fsp3) is 0.200. The van der Waals surface area contributed by atoms with Gasteiger partial charge in [-0.3, -0.25) is 4.79 Å². The first-order chi connectivity index (χ1) is 20.4. The quantitative estimate of drug-likeness (QED) is 0.0449. The Balaban J connectivity index is 1.49. The number of aromatic nitrogens is 3. The predicted octanol–water partition coefficient (Wildman–Crippen LogP) is 3.68. The molecule has 0 saturated heterocycles. The molecule has 8 N–H and O–H groups in total. The number of nitrogens with one attached hydrogen (secondary N) is 4. The Morgan fingerprint density at radius 1 is 0.929 bits per heavy atom. The molecule has 1 amide bonds. The summed E-state index contributed by atoms with van der Waals surface area (Å²) >= 11 is 0.624. The molecule has 0 spiro atoms. The van der Waals surface area contributed by atoms with Crippen LogP contribution in [0.15, 0.2) is 63.7 Å². The molecule has 220 valence electrons. The van der Waals surface area contributed by atoms with Crippen LogP contribution in [0, 0.1) is 0 Å². The highest BCUT2D eigenvalue weighted by atomic mass is 32.2. The van der Waals surface area contributed by atoms with Crippen LogP contribution in [0.4, 0.5) is 34.9 Å². The van der Waals surface area contributed by atoms with Gasteiger partial charge in [-0.05, 0) is 53.9 Å². The van der Waals surface area contributed by atoms with Crippen molar-refractivity contribution < 1.29 is 34.7 Å². The SMILES string of the molecule is C/N=N/c1c(SOOO)cc2cc(NC(=O)c3ccc(Nc4nc(NCCO)nc(NCCO)n4)cc3)ccc2c1O. The summed E-state index contributed by atoms with van der Waals surface area (Å²) in [6, 6.07) is 13.1. The van der Waals surface area contributed by atoms with Gasteiger partial charge in [0.1, 0.15) is 5.69 Å². The van der Waals surface area contributed by atoms with Crippen LogP contribution >= 0.6 is 12.0 Å². The minimum Gasteiger partial charge on any atom is -0.505 e. The third-order valence-electron chi connectivity index (χ3n) is 5.49. The number of phenolic OH excluding ortho intramolecular Hbond substituents is 1. The molecule has 1 aromatic heterocycles. The van der Waals surface area contributed by atoms with E-state index in [1.165, 1.54) is 7.05 Å². The highest BCUT2D eigenvalue weighted by Gasteiger charge is 2.16. The zero-order valence-corrected chi connectivity index (χ0v) is 22.9. The monoisotopic (exact) mass is 597 g/mol. The number of carbonyl (C=O) groups excluding carboxylic acids is 1. The second-order valence-electron chi connectivity index (χ2n) is 8.30. The molecule has 1 heterocycles. The van der Waals surface area contributed by atoms with Gasteiger partial charge >= 0.3 is 0 Å². The van der Waals surface area contributed by atoms with Gasteiger partial charge in [0.25, 0.3) is 5.91 Å². The highest BCUT2D eigenvalue weighted by Crippen LogP contribution is 2.44. The van der Waals surface area contributed by atoms with Crippen molar-refractivity contribution >= 4 is 63.6 Å². The lowest BCUT2D eigenvalue weighted by Crippen LogP contribution is -2.15. The number of nitrogens with zero attached hydrogens (tertiary/aromatic N) is 5. The molecule has 16 nitrogen and oxygen atoms in total. The van der Waals surface area contributed by atoms with Crippen LogP contribution in [0.2, 0.25) is 0 Å². The number of hydrogen-bond donors (Lipinski definition) is 8. The largest absolute Gasteiger partial charge is 0.505 e. The first kappa shape index (κ1) is 30.3. The molecular weight excluding hydrogens is 570 g/mol. The number of benzene rings is 3. The van der Waals surface area contributed by atoms with E-state index >= 15 is 0 Å². The van der Waals surface area contributed by atoms with Crippen molar-refractivity contribution in [3.8, 4) is 5.75 Å². The fourth-order valence-corrected chi connectivity index (χ4v) is 4.20. The third kappa shape index (κ3) is 7.75. The lowest BCUT2D eigenvalue weighted by atomic mass is 10.1. The summed E-state index contributed by atoms with van der Waals surface area (Å²) < 4.78 is 4.50. The van der Waals surface area contributed by atoms with Gasteiger partial charge in [0, 0.05) is 42.5 Å². The van der Waals surface area contributed by atoms with Gasteiger partial charge in [0.05, 0.1) is 30.2 Å². The lowest BCUT2D eigenvalue weighted by Gasteiger charge is -2.12. The number of carbonyl (C=O) groups is 1. The number of azo groups is 1. The van der Waals surface area contributed by atoms with Crippen LogP contribution in [0.5, 0.6) is 5.75 Å². The Bertz CT molecular complexity index is 1530. The lowest BCUT2D eigenvalue weighted by molar-refractivity contribution is -0.432. The van der Waals surface area contributed by atoms with E-state index < -0.39 is 0 Å². The maximum Gasteiger partial charge on any atom is 0.255 e. The number of fused-ring (bicyclic) bond motifs is 1. The van der Waals surface area contributed by atoms with Gasteiger partial charge in [0.15, 0.2) is 5.75 Å². The van der Waals surface area contributed by atoms with E-state index in [1.54, 1.807) is 48.5 Å². The molecule has 0 aliphatic rings. The molecule has 0 bridgehead atoms. The summed E-state index contributed by atoms with van der Waals surface area (Å²) in [6.45, 7) is 0.260. The summed E-state index contributed by atoms with van der Waals surface area (Å²) in [4.78, 5) is 26.0. The smallest absolute Gasteiger partial charge is 0.255 e. The number of rotatable bonds is 14. The summed E-state index contributed by atoms with van der Waals surface area (Å²) in [6.07, 6.45) is 0. The maximum absolute atomic E-state index is 13.0. The number of aliphatic hydroxyl groups excluding tert-OH is 2. The molecule has 3 aromatic carbocycles. The average molecular weight is 598 g/mol. The van der Waals surface area contributed by atoms with E-state index in [0.29, 0.717) is 44.6 Å². The molecule has 0 saturated carbocycles. The summed E-state index contributed by atoms with van der Waals surface area (Å²) in [7, 11) is 1.44. The van der Waals surface area contributed by atoms with Gasteiger partial charge in [-0.25, -0.2) is 5.26 Å². The Labute approximate surface area is 242 Å². The standard InChI is InChI=1S/C25H27N9O7S/c1-26-34-20-19(42-41-40-39)13-15-12-17(6-7-18(15)21(20)37)29-22(38)14-2-4-16(5-3-14)30-25-32-23(27-8-10-35)31-24(33-25)28-9-11-36/h2-7,12-13,35-37,39H,8-11H2,1H3,(H,29,38)(H3,27,28,30,31,32,33)/b34-26+. The predicted molar refractivity (Wildman–Crippen MR) is 155 cm³/mol. The van der Waals surface area contributed by atoms with Crippen molar-refractivity contribution in [3.05, 3.63) is 54.1 Å². The van der Waals surface area contributed by atoms with Crippen LogP contribution in [0.1, 0.15) is 10.4 Å². The van der Waals surface area contributed by atoms with Crippen LogP contribution in [-0.2, 0) is 9.37 Å². The average Bonchev–Trinajstić information content (AvgIpc) is 2.99. The van der Waals surface area contributed by atoms with Gasteiger partial charge in [-0.2, -0.15) is 25.2 Å². The summed E-state index contributed by atoms with van der Waals surface area (Å²) in [5.41, 5.74) is 1.56. The van der Waals surface area contributed by atoms with E-state index in [-0.39, 0.29) is 61.5 Å².